The average molecular weight is 300 g/mol. The third kappa shape index (κ3) is 12.0. The number of alkyl carbamates (subject to hydrolysis) is 1. The fourth-order valence-electron chi connectivity index (χ4n) is 1.28. The lowest BCUT2D eigenvalue weighted by molar-refractivity contribution is 0.0519. The topological polar surface area (TPSA) is 72.5 Å². The SMILES string of the molecule is CC(CCCS(=O)(=O)Cl)CNC(=O)OC(C)(C)C. The van der Waals surface area contributed by atoms with Crippen LogP contribution in [-0.4, -0.2) is 32.4 Å². The summed E-state index contributed by atoms with van der Waals surface area (Å²) in [6.07, 6.45) is 0.712. The summed E-state index contributed by atoms with van der Waals surface area (Å²) in [7, 11) is 1.68. The number of hydrogen-bond acceptors (Lipinski definition) is 4. The predicted octanol–water partition coefficient (Wildman–Crippen LogP) is 2.50. The molecule has 5 nitrogen and oxygen atoms in total. The summed E-state index contributed by atoms with van der Waals surface area (Å²) in [5, 5.41) is 2.64. The van der Waals surface area contributed by atoms with E-state index in [-0.39, 0.29) is 11.7 Å². The Labute approximate surface area is 114 Å². The number of carbonyl (C=O) groups is 1. The van der Waals surface area contributed by atoms with Crippen LogP contribution >= 0.6 is 10.7 Å². The van der Waals surface area contributed by atoms with E-state index in [0.29, 0.717) is 19.4 Å². The Hall–Kier alpha value is -0.490. The quantitative estimate of drug-likeness (QED) is 0.765. The third-order valence-corrected chi connectivity index (χ3v) is 3.32. The van der Waals surface area contributed by atoms with Crippen molar-refractivity contribution in [3.05, 3.63) is 0 Å². The Morgan fingerprint density at radius 2 is 1.94 bits per heavy atom. The van der Waals surface area contributed by atoms with Gasteiger partial charge in [0, 0.05) is 17.2 Å². The molecule has 0 radical (unpaired) electrons. The summed E-state index contributed by atoms with van der Waals surface area (Å²) in [4.78, 5) is 11.3. The van der Waals surface area contributed by atoms with Gasteiger partial charge in [-0.1, -0.05) is 6.92 Å². The number of rotatable bonds is 6. The summed E-state index contributed by atoms with van der Waals surface area (Å²) in [5.41, 5.74) is -0.514. The monoisotopic (exact) mass is 299 g/mol. The molecule has 0 aromatic heterocycles. The van der Waals surface area contributed by atoms with Crippen LogP contribution in [0.3, 0.4) is 0 Å². The van der Waals surface area contributed by atoms with Crippen LogP contribution in [0.15, 0.2) is 0 Å². The molecule has 108 valence electrons. The zero-order chi connectivity index (χ0) is 14.4. The molecule has 7 heteroatoms. The average Bonchev–Trinajstić information content (AvgIpc) is 2.09. The molecule has 0 saturated carbocycles. The molecule has 0 aromatic carbocycles. The second-order valence-electron chi connectivity index (χ2n) is 5.37. The van der Waals surface area contributed by atoms with Crippen molar-refractivity contribution in [3.63, 3.8) is 0 Å². The van der Waals surface area contributed by atoms with E-state index < -0.39 is 20.7 Å². The van der Waals surface area contributed by atoms with Crippen molar-refractivity contribution in [1.82, 2.24) is 5.32 Å². The molecule has 1 N–H and O–H groups in total. The van der Waals surface area contributed by atoms with Crippen molar-refractivity contribution in [1.29, 1.82) is 0 Å². The van der Waals surface area contributed by atoms with Crippen molar-refractivity contribution in [2.75, 3.05) is 12.3 Å². The minimum atomic E-state index is -3.41. The van der Waals surface area contributed by atoms with E-state index in [2.05, 4.69) is 5.32 Å². The smallest absolute Gasteiger partial charge is 0.407 e. The molecule has 0 aliphatic rings. The first-order valence-corrected chi connectivity index (χ1v) is 8.36. The van der Waals surface area contributed by atoms with Gasteiger partial charge in [0.1, 0.15) is 5.60 Å². The maximum atomic E-state index is 11.3. The van der Waals surface area contributed by atoms with E-state index in [1.165, 1.54) is 0 Å². The molecular weight excluding hydrogens is 278 g/mol. The molecule has 0 rings (SSSR count). The Morgan fingerprint density at radius 3 is 2.39 bits per heavy atom. The standard InChI is InChI=1S/C11H22ClNO4S/c1-9(6-5-7-18(12,15)16)8-13-10(14)17-11(2,3)4/h9H,5-8H2,1-4H3,(H,13,14). The van der Waals surface area contributed by atoms with Crippen molar-refractivity contribution in [3.8, 4) is 0 Å². The molecule has 0 aromatic rings. The van der Waals surface area contributed by atoms with Crippen LogP contribution in [0.25, 0.3) is 0 Å². The van der Waals surface area contributed by atoms with Crippen molar-refractivity contribution in [2.45, 2.75) is 46.1 Å². The Morgan fingerprint density at radius 1 is 1.39 bits per heavy atom. The molecule has 1 amide bonds. The minimum absolute atomic E-state index is 0.0364. The lowest BCUT2D eigenvalue weighted by atomic mass is 10.1. The number of nitrogens with one attached hydrogen (secondary N) is 1. The Kier molecular flexibility index (Phi) is 6.99. The van der Waals surface area contributed by atoms with E-state index >= 15 is 0 Å². The van der Waals surface area contributed by atoms with Crippen LogP contribution in [0.2, 0.25) is 0 Å². The van der Waals surface area contributed by atoms with Gasteiger partial charge in [-0.2, -0.15) is 0 Å². The van der Waals surface area contributed by atoms with E-state index in [9.17, 15) is 13.2 Å². The second-order valence-corrected chi connectivity index (χ2v) is 8.27. The van der Waals surface area contributed by atoms with E-state index in [1.54, 1.807) is 20.8 Å². The molecule has 0 saturated heterocycles. The fourth-order valence-corrected chi connectivity index (χ4v) is 2.12. The molecule has 0 spiro atoms. The van der Waals surface area contributed by atoms with Gasteiger partial charge in [-0.15, -0.1) is 0 Å². The Bertz CT molecular complexity index is 362. The summed E-state index contributed by atoms with van der Waals surface area (Å²) >= 11 is 0. The highest BCUT2D eigenvalue weighted by molar-refractivity contribution is 8.13. The second kappa shape index (κ2) is 7.19. The third-order valence-electron chi connectivity index (χ3n) is 2.08. The molecule has 18 heavy (non-hydrogen) atoms. The van der Waals surface area contributed by atoms with Crippen molar-refractivity contribution >= 4 is 25.8 Å². The Balaban J connectivity index is 3.77. The normalized spacial score (nSPS) is 14.1. The van der Waals surface area contributed by atoms with Crippen LogP contribution in [0.1, 0.15) is 40.5 Å². The van der Waals surface area contributed by atoms with E-state index in [1.807, 2.05) is 6.92 Å². The van der Waals surface area contributed by atoms with Crippen LogP contribution in [-0.2, 0) is 13.8 Å². The highest BCUT2D eigenvalue weighted by Crippen LogP contribution is 2.09. The van der Waals surface area contributed by atoms with Gasteiger partial charge in [-0.25, -0.2) is 13.2 Å². The van der Waals surface area contributed by atoms with Gasteiger partial charge in [0.25, 0.3) is 0 Å². The fraction of sp³-hybridized carbons (Fsp3) is 0.909. The van der Waals surface area contributed by atoms with Gasteiger partial charge >= 0.3 is 6.09 Å². The lowest BCUT2D eigenvalue weighted by Crippen LogP contribution is -2.34. The maximum absolute atomic E-state index is 11.3. The van der Waals surface area contributed by atoms with Crippen LogP contribution in [0.4, 0.5) is 4.79 Å². The first kappa shape index (κ1) is 17.5. The van der Waals surface area contributed by atoms with Crippen LogP contribution in [0, 0.1) is 5.92 Å². The largest absolute Gasteiger partial charge is 0.444 e. The maximum Gasteiger partial charge on any atom is 0.407 e. The highest BCUT2D eigenvalue weighted by atomic mass is 35.7. The molecule has 0 fully saturated rings. The van der Waals surface area contributed by atoms with Crippen molar-refractivity contribution < 1.29 is 17.9 Å². The predicted molar refractivity (Wildman–Crippen MR) is 72.3 cm³/mol. The van der Waals surface area contributed by atoms with Gasteiger partial charge in [0.05, 0.1) is 5.75 Å². The zero-order valence-corrected chi connectivity index (χ0v) is 12.9. The molecule has 0 bridgehead atoms. The summed E-state index contributed by atoms with van der Waals surface area (Å²) in [5.74, 6) is 0.140. The summed E-state index contributed by atoms with van der Waals surface area (Å²) < 4.78 is 26.5. The minimum Gasteiger partial charge on any atom is -0.444 e. The van der Waals surface area contributed by atoms with Gasteiger partial charge < -0.3 is 10.1 Å². The molecular formula is C11H22ClNO4S. The number of hydrogen-bond donors (Lipinski definition) is 1. The first-order chi connectivity index (χ1) is 7.99. The summed E-state index contributed by atoms with van der Waals surface area (Å²) in [6.45, 7) is 7.76. The molecule has 1 unspecified atom stereocenters. The van der Waals surface area contributed by atoms with Crippen LogP contribution < -0.4 is 5.32 Å². The van der Waals surface area contributed by atoms with Gasteiger partial charge in [0.2, 0.25) is 9.05 Å². The molecule has 0 heterocycles. The molecule has 1 atom stereocenters. The number of ether oxygens (including phenoxy) is 1. The zero-order valence-electron chi connectivity index (χ0n) is 11.3. The van der Waals surface area contributed by atoms with Gasteiger partial charge in [-0.05, 0) is 39.5 Å². The number of amides is 1. The van der Waals surface area contributed by atoms with Gasteiger partial charge in [-0.3, -0.25) is 0 Å². The van der Waals surface area contributed by atoms with Crippen molar-refractivity contribution in [2.24, 2.45) is 5.92 Å². The first-order valence-electron chi connectivity index (χ1n) is 5.89. The molecule has 0 aliphatic carbocycles. The summed E-state index contributed by atoms with van der Waals surface area (Å²) in [6, 6.07) is 0. The van der Waals surface area contributed by atoms with E-state index in [4.69, 9.17) is 15.4 Å². The lowest BCUT2D eigenvalue weighted by Gasteiger charge is -2.20. The molecule has 0 aliphatic heterocycles. The number of halogens is 1. The highest BCUT2D eigenvalue weighted by Gasteiger charge is 2.16. The van der Waals surface area contributed by atoms with Gasteiger partial charge in [0.15, 0.2) is 0 Å². The van der Waals surface area contributed by atoms with Crippen LogP contribution in [0.5, 0.6) is 0 Å². The number of carbonyl (C=O) groups excluding carboxylic acids is 1. The van der Waals surface area contributed by atoms with E-state index in [0.717, 1.165) is 0 Å².